The SMILES string of the molecule is COc1nc(N2CCCC3(C2)OCCO3)ccc1N. The maximum Gasteiger partial charge on any atom is 0.238 e. The van der Waals surface area contributed by atoms with Crippen molar-refractivity contribution in [3.8, 4) is 5.88 Å². The fourth-order valence-corrected chi connectivity index (χ4v) is 2.70. The average Bonchev–Trinajstić information content (AvgIpc) is 2.87. The molecule has 1 aromatic rings. The Bertz CT molecular complexity index is 460. The summed E-state index contributed by atoms with van der Waals surface area (Å²) in [7, 11) is 1.57. The minimum atomic E-state index is -0.450. The van der Waals surface area contributed by atoms with Crippen molar-refractivity contribution in [1.29, 1.82) is 0 Å². The molecule has 2 N–H and O–H groups in total. The van der Waals surface area contributed by atoms with Crippen LogP contribution in [0.1, 0.15) is 12.8 Å². The first-order valence-electron chi connectivity index (χ1n) is 6.56. The Morgan fingerprint density at radius 2 is 2.16 bits per heavy atom. The second-order valence-electron chi connectivity index (χ2n) is 4.90. The van der Waals surface area contributed by atoms with Gasteiger partial charge in [-0.3, -0.25) is 0 Å². The average molecular weight is 265 g/mol. The van der Waals surface area contributed by atoms with Gasteiger partial charge in [-0.25, -0.2) is 0 Å². The number of rotatable bonds is 2. The first kappa shape index (κ1) is 12.5. The molecule has 2 saturated heterocycles. The molecule has 0 atom stereocenters. The largest absolute Gasteiger partial charge is 0.479 e. The molecule has 0 amide bonds. The molecular weight excluding hydrogens is 246 g/mol. The predicted octanol–water partition coefficient (Wildman–Crippen LogP) is 1.02. The van der Waals surface area contributed by atoms with Gasteiger partial charge in [-0.15, -0.1) is 0 Å². The summed E-state index contributed by atoms with van der Waals surface area (Å²) in [5.41, 5.74) is 6.34. The van der Waals surface area contributed by atoms with E-state index in [4.69, 9.17) is 19.9 Å². The van der Waals surface area contributed by atoms with Crippen LogP contribution in [0, 0.1) is 0 Å². The molecule has 19 heavy (non-hydrogen) atoms. The number of ether oxygens (including phenoxy) is 3. The highest BCUT2D eigenvalue weighted by Gasteiger charge is 2.41. The lowest BCUT2D eigenvalue weighted by atomic mass is 10.0. The van der Waals surface area contributed by atoms with E-state index < -0.39 is 5.79 Å². The Morgan fingerprint density at radius 3 is 2.89 bits per heavy atom. The van der Waals surface area contributed by atoms with Gasteiger partial charge in [0.1, 0.15) is 5.82 Å². The lowest BCUT2D eigenvalue weighted by molar-refractivity contribution is -0.161. The standard InChI is InChI=1S/C13H19N3O3/c1-17-12-10(14)3-4-11(15-12)16-6-2-5-13(9-16)18-7-8-19-13/h3-4H,2,5-9,14H2,1H3. The fourth-order valence-electron chi connectivity index (χ4n) is 2.70. The molecule has 3 heterocycles. The van der Waals surface area contributed by atoms with Crippen LogP contribution in [-0.2, 0) is 9.47 Å². The van der Waals surface area contributed by atoms with Crippen molar-refractivity contribution in [2.75, 3.05) is 44.0 Å². The number of nitrogens with two attached hydrogens (primary N) is 1. The molecule has 6 nitrogen and oxygen atoms in total. The monoisotopic (exact) mass is 265 g/mol. The van der Waals surface area contributed by atoms with Crippen molar-refractivity contribution in [2.45, 2.75) is 18.6 Å². The smallest absolute Gasteiger partial charge is 0.238 e. The molecule has 1 spiro atoms. The summed E-state index contributed by atoms with van der Waals surface area (Å²) < 4.78 is 16.7. The van der Waals surface area contributed by atoms with E-state index in [1.165, 1.54) is 0 Å². The van der Waals surface area contributed by atoms with Crippen LogP contribution in [0.3, 0.4) is 0 Å². The predicted molar refractivity (Wildman–Crippen MR) is 71.3 cm³/mol. The van der Waals surface area contributed by atoms with E-state index >= 15 is 0 Å². The maximum atomic E-state index is 5.79. The van der Waals surface area contributed by atoms with Crippen molar-refractivity contribution in [2.24, 2.45) is 0 Å². The number of pyridine rings is 1. The number of hydrogen-bond donors (Lipinski definition) is 1. The van der Waals surface area contributed by atoms with Gasteiger partial charge in [0, 0.05) is 13.0 Å². The molecule has 0 aliphatic carbocycles. The number of piperidine rings is 1. The van der Waals surface area contributed by atoms with E-state index in [-0.39, 0.29) is 0 Å². The van der Waals surface area contributed by atoms with Crippen LogP contribution in [0.15, 0.2) is 12.1 Å². The number of aromatic nitrogens is 1. The van der Waals surface area contributed by atoms with E-state index in [0.717, 1.165) is 25.2 Å². The second-order valence-corrected chi connectivity index (χ2v) is 4.90. The van der Waals surface area contributed by atoms with Gasteiger partial charge < -0.3 is 24.8 Å². The van der Waals surface area contributed by atoms with Gasteiger partial charge in [0.05, 0.1) is 32.6 Å². The van der Waals surface area contributed by atoms with Gasteiger partial charge in [-0.1, -0.05) is 0 Å². The van der Waals surface area contributed by atoms with E-state index in [9.17, 15) is 0 Å². The van der Waals surface area contributed by atoms with E-state index in [1.54, 1.807) is 7.11 Å². The summed E-state index contributed by atoms with van der Waals surface area (Å²) >= 11 is 0. The topological polar surface area (TPSA) is 69.8 Å². The zero-order valence-corrected chi connectivity index (χ0v) is 11.1. The van der Waals surface area contributed by atoms with Gasteiger partial charge in [0.2, 0.25) is 5.88 Å². The van der Waals surface area contributed by atoms with E-state index in [0.29, 0.717) is 31.3 Å². The zero-order chi connectivity index (χ0) is 13.3. The minimum absolute atomic E-state index is 0.450. The Labute approximate surface area is 112 Å². The Hall–Kier alpha value is -1.53. The molecular formula is C13H19N3O3. The van der Waals surface area contributed by atoms with Gasteiger partial charge in [-0.05, 0) is 18.6 Å². The van der Waals surface area contributed by atoms with Gasteiger partial charge in [-0.2, -0.15) is 4.98 Å². The highest BCUT2D eigenvalue weighted by molar-refractivity contribution is 5.54. The van der Waals surface area contributed by atoms with Crippen molar-refractivity contribution < 1.29 is 14.2 Å². The molecule has 104 valence electrons. The summed E-state index contributed by atoms with van der Waals surface area (Å²) in [6.07, 6.45) is 1.96. The summed E-state index contributed by atoms with van der Waals surface area (Å²) in [6, 6.07) is 3.73. The molecule has 2 aliphatic heterocycles. The number of nitrogens with zero attached hydrogens (tertiary/aromatic N) is 2. The van der Waals surface area contributed by atoms with Gasteiger partial charge in [0.25, 0.3) is 0 Å². The van der Waals surface area contributed by atoms with Crippen LogP contribution >= 0.6 is 0 Å². The first-order valence-corrected chi connectivity index (χ1v) is 6.56. The normalized spacial score (nSPS) is 21.8. The number of anilines is 2. The Kier molecular flexibility index (Phi) is 3.20. The third-order valence-corrected chi connectivity index (χ3v) is 3.62. The molecule has 0 aromatic carbocycles. The molecule has 3 rings (SSSR count). The lowest BCUT2D eigenvalue weighted by Crippen LogP contribution is -2.49. The Morgan fingerprint density at radius 1 is 1.37 bits per heavy atom. The van der Waals surface area contributed by atoms with Crippen LogP contribution in [0.2, 0.25) is 0 Å². The minimum Gasteiger partial charge on any atom is -0.479 e. The summed E-state index contributed by atoms with van der Waals surface area (Å²) in [6.45, 7) is 2.99. The molecule has 0 saturated carbocycles. The van der Waals surface area contributed by atoms with Crippen molar-refractivity contribution in [3.63, 3.8) is 0 Å². The first-order chi connectivity index (χ1) is 9.22. The van der Waals surface area contributed by atoms with Crippen LogP contribution < -0.4 is 15.4 Å². The van der Waals surface area contributed by atoms with Crippen molar-refractivity contribution in [1.82, 2.24) is 4.98 Å². The Balaban J connectivity index is 1.81. The highest BCUT2D eigenvalue weighted by Crippen LogP contribution is 2.33. The summed E-state index contributed by atoms with van der Waals surface area (Å²) in [5.74, 6) is 0.865. The molecule has 6 heteroatoms. The quantitative estimate of drug-likeness (QED) is 0.861. The second kappa shape index (κ2) is 4.86. The van der Waals surface area contributed by atoms with Gasteiger partial charge in [0.15, 0.2) is 5.79 Å². The molecule has 2 aliphatic rings. The van der Waals surface area contributed by atoms with Crippen LogP contribution in [0.5, 0.6) is 5.88 Å². The summed E-state index contributed by atoms with van der Waals surface area (Å²) in [4.78, 5) is 6.60. The number of nitrogen functional groups attached to an aromatic ring is 1. The summed E-state index contributed by atoms with van der Waals surface area (Å²) in [5, 5.41) is 0. The molecule has 0 bridgehead atoms. The maximum absolute atomic E-state index is 5.79. The van der Waals surface area contributed by atoms with Crippen molar-refractivity contribution >= 4 is 11.5 Å². The van der Waals surface area contributed by atoms with Crippen molar-refractivity contribution in [3.05, 3.63) is 12.1 Å². The van der Waals surface area contributed by atoms with Crippen LogP contribution in [0.4, 0.5) is 11.5 Å². The highest BCUT2D eigenvalue weighted by atomic mass is 16.7. The number of methoxy groups -OCH3 is 1. The van der Waals surface area contributed by atoms with Crippen LogP contribution in [-0.4, -0.2) is 44.2 Å². The third kappa shape index (κ3) is 2.33. The third-order valence-electron chi connectivity index (χ3n) is 3.62. The fraction of sp³-hybridized carbons (Fsp3) is 0.615. The molecule has 1 aromatic heterocycles. The molecule has 0 radical (unpaired) electrons. The lowest BCUT2D eigenvalue weighted by Gasteiger charge is -2.39. The van der Waals surface area contributed by atoms with E-state index in [1.807, 2.05) is 12.1 Å². The van der Waals surface area contributed by atoms with E-state index in [2.05, 4.69) is 9.88 Å². The number of hydrogen-bond acceptors (Lipinski definition) is 6. The molecule has 0 unspecified atom stereocenters. The zero-order valence-electron chi connectivity index (χ0n) is 11.1. The molecule has 2 fully saturated rings. The van der Waals surface area contributed by atoms with Gasteiger partial charge >= 0.3 is 0 Å². The van der Waals surface area contributed by atoms with Crippen LogP contribution in [0.25, 0.3) is 0 Å².